The molecule has 0 radical (unpaired) electrons. The van der Waals surface area contributed by atoms with Crippen LogP contribution in [0.4, 0.5) is 0 Å². The van der Waals surface area contributed by atoms with E-state index in [1.807, 2.05) is 0 Å². The quantitative estimate of drug-likeness (QED) is 0.0550. The van der Waals surface area contributed by atoms with Crippen molar-refractivity contribution in [1.29, 1.82) is 0 Å². The molecule has 0 atom stereocenters. The maximum atomic E-state index is 6.61. The Hall–Kier alpha value is 0.355. The summed E-state index contributed by atoms with van der Waals surface area (Å²) in [6, 6.07) is 0. The van der Waals surface area contributed by atoms with E-state index in [9.17, 15) is 0 Å². The summed E-state index contributed by atoms with van der Waals surface area (Å²) in [6.45, 7) is 4.61. The Bertz CT molecular complexity index is 363. The minimum atomic E-state index is 0.438. The van der Waals surface area contributed by atoms with Gasteiger partial charge in [-0.2, -0.15) is 11.5 Å². The summed E-state index contributed by atoms with van der Waals surface area (Å²) in [4.78, 5) is 0. The van der Waals surface area contributed by atoms with Crippen molar-refractivity contribution in [2.45, 2.75) is 232 Å². The van der Waals surface area contributed by atoms with Crippen molar-refractivity contribution in [3.63, 3.8) is 0 Å². The van der Waals surface area contributed by atoms with Gasteiger partial charge in [0.05, 0.1) is 0 Å². The van der Waals surface area contributed by atoms with Crippen LogP contribution in [-0.4, -0.2) is 6.13 Å². The van der Waals surface area contributed by atoms with Gasteiger partial charge in [0.2, 0.25) is 0 Å². The van der Waals surface area contributed by atoms with E-state index in [-0.39, 0.29) is 0 Å². The summed E-state index contributed by atoms with van der Waals surface area (Å²) >= 11 is 6.61. The molecule has 0 fully saturated rings. The predicted molar refractivity (Wildman–Crippen MR) is 180 cm³/mol. The molecule has 0 unspecified atom stereocenters. The SMILES string of the molecule is CCCCCCCCCCCCCCCCCCB(Cl)CCCCCCCCCCCCCCCCCC. The normalized spacial score (nSPS) is 11.4. The molecule has 0 rings (SSSR count). The Morgan fingerprint density at radius 1 is 0.263 bits per heavy atom. The van der Waals surface area contributed by atoms with Crippen LogP contribution in [0.25, 0.3) is 0 Å². The van der Waals surface area contributed by atoms with Crippen molar-refractivity contribution in [1.82, 2.24) is 0 Å². The van der Waals surface area contributed by atoms with Crippen LogP contribution >= 0.6 is 11.5 Å². The molecule has 0 nitrogen and oxygen atoms in total. The lowest BCUT2D eigenvalue weighted by Crippen LogP contribution is -2.02. The van der Waals surface area contributed by atoms with E-state index < -0.39 is 0 Å². The second kappa shape index (κ2) is 35.4. The molecule has 0 amide bonds. The number of hydrogen-bond donors (Lipinski definition) is 0. The van der Waals surface area contributed by atoms with Gasteiger partial charge in [-0.3, -0.25) is 0 Å². The minimum absolute atomic E-state index is 0.438. The van der Waals surface area contributed by atoms with E-state index in [1.54, 1.807) is 0 Å². The van der Waals surface area contributed by atoms with Gasteiger partial charge in [0.25, 0.3) is 6.13 Å². The average Bonchev–Trinajstić information content (AvgIpc) is 2.92. The molecule has 0 aliphatic rings. The number of rotatable bonds is 34. The first-order valence-electron chi connectivity index (χ1n) is 18.4. The maximum Gasteiger partial charge on any atom is 0.250 e. The molecular formula is C36H74BCl. The Balaban J connectivity index is 3.13. The zero-order valence-electron chi connectivity index (χ0n) is 27.0. The molecular weight excluding hydrogens is 479 g/mol. The molecule has 38 heavy (non-hydrogen) atoms. The van der Waals surface area contributed by atoms with Gasteiger partial charge in [0, 0.05) is 0 Å². The highest BCUT2D eigenvalue weighted by Crippen LogP contribution is 2.19. The van der Waals surface area contributed by atoms with Crippen LogP contribution in [0.3, 0.4) is 0 Å². The molecule has 0 aromatic rings. The molecule has 0 aliphatic heterocycles. The Kier molecular flexibility index (Phi) is 35.7. The molecule has 0 aromatic heterocycles. The van der Waals surface area contributed by atoms with E-state index in [4.69, 9.17) is 11.5 Å². The average molecular weight is 553 g/mol. The van der Waals surface area contributed by atoms with Crippen molar-refractivity contribution in [2.75, 3.05) is 0 Å². The lowest BCUT2D eigenvalue weighted by molar-refractivity contribution is 0.531. The molecule has 0 aromatic carbocycles. The van der Waals surface area contributed by atoms with Crippen molar-refractivity contribution in [3.05, 3.63) is 0 Å². The van der Waals surface area contributed by atoms with Gasteiger partial charge in [-0.25, -0.2) is 0 Å². The van der Waals surface area contributed by atoms with Crippen molar-refractivity contribution >= 4 is 17.6 Å². The molecule has 0 heterocycles. The van der Waals surface area contributed by atoms with Gasteiger partial charge >= 0.3 is 0 Å². The summed E-state index contributed by atoms with van der Waals surface area (Å²) in [5, 5.41) is 0. The number of halogens is 1. The van der Waals surface area contributed by atoms with Crippen molar-refractivity contribution in [2.24, 2.45) is 0 Å². The van der Waals surface area contributed by atoms with E-state index in [0.717, 1.165) is 0 Å². The first-order valence-corrected chi connectivity index (χ1v) is 18.9. The second-order valence-electron chi connectivity index (χ2n) is 12.8. The zero-order valence-corrected chi connectivity index (χ0v) is 27.8. The highest BCUT2D eigenvalue weighted by atomic mass is 35.5. The van der Waals surface area contributed by atoms with Gasteiger partial charge in [-0.05, 0) is 0 Å². The van der Waals surface area contributed by atoms with Crippen LogP contribution in [0.15, 0.2) is 0 Å². The Labute approximate surface area is 249 Å². The Morgan fingerprint density at radius 2 is 0.421 bits per heavy atom. The monoisotopic (exact) mass is 553 g/mol. The van der Waals surface area contributed by atoms with Crippen LogP contribution in [0.1, 0.15) is 219 Å². The summed E-state index contributed by atoms with van der Waals surface area (Å²) < 4.78 is 0. The maximum absolute atomic E-state index is 6.61. The zero-order chi connectivity index (χ0) is 27.6. The smallest absolute Gasteiger partial charge is 0.196 e. The third-order valence-corrected chi connectivity index (χ3v) is 9.18. The highest BCUT2D eigenvalue weighted by Gasteiger charge is 2.09. The summed E-state index contributed by atoms with van der Waals surface area (Å²) in [5.41, 5.74) is 0. The van der Waals surface area contributed by atoms with Crippen LogP contribution < -0.4 is 0 Å². The molecule has 228 valence electrons. The minimum Gasteiger partial charge on any atom is -0.196 e. The van der Waals surface area contributed by atoms with E-state index in [0.29, 0.717) is 6.13 Å². The first-order chi connectivity index (χ1) is 18.8. The number of hydrogen-bond acceptors (Lipinski definition) is 0. The van der Waals surface area contributed by atoms with Crippen LogP contribution in [-0.2, 0) is 0 Å². The summed E-state index contributed by atoms with van der Waals surface area (Å²) in [5.74, 6) is 0. The fraction of sp³-hybridized carbons (Fsp3) is 1.00. The largest absolute Gasteiger partial charge is 0.250 e. The van der Waals surface area contributed by atoms with E-state index >= 15 is 0 Å². The molecule has 0 bridgehead atoms. The lowest BCUT2D eigenvalue weighted by Gasteiger charge is -2.07. The third kappa shape index (κ3) is 34.4. The van der Waals surface area contributed by atoms with Gasteiger partial charge < -0.3 is 0 Å². The van der Waals surface area contributed by atoms with Gasteiger partial charge in [0.1, 0.15) is 0 Å². The summed E-state index contributed by atoms with van der Waals surface area (Å²) in [6.07, 6.45) is 49.2. The molecule has 2 heteroatoms. The predicted octanol–water partition coefficient (Wildman–Crippen LogP) is 14.7. The molecule has 0 N–H and O–H groups in total. The Morgan fingerprint density at radius 3 is 0.605 bits per heavy atom. The fourth-order valence-corrected chi connectivity index (χ4v) is 6.28. The summed E-state index contributed by atoms with van der Waals surface area (Å²) in [7, 11) is 0. The topological polar surface area (TPSA) is 0 Å². The van der Waals surface area contributed by atoms with Gasteiger partial charge in [0.15, 0.2) is 0 Å². The van der Waals surface area contributed by atoms with Gasteiger partial charge in [-0.1, -0.05) is 232 Å². The van der Waals surface area contributed by atoms with Crippen molar-refractivity contribution in [3.8, 4) is 0 Å². The molecule has 0 saturated heterocycles. The fourth-order valence-electron chi connectivity index (χ4n) is 5.97. The van der Waals surface area contributed by atoms with Crippen molar-refractivity contribution < 1.29 is 0 Å². The first kappa shape index (κ1) is 38.4. The van der Waals surface area contributed by atoms with Crippen LogP contribution in [0, 0.1) is 0 Å². The van der Waals surface area contributed by atoms with E-state index in [1.165, 1.54) is 218 Å². The lowest BCUT2D eigenvalue weighted by atomic mass is 9.66. The van der Waals surface area contributed by atoms with E-state index in [2.05, 4.69) is 13.8 Å². The molecule has 0 aliphatic carbocycles. The second-order valence-corrected chi connectivity index (χ2v) is 13.4. The highest BCUT2D eigenvalue weighted by molar-refractivity contribution is 7.06. The van der Waals surface area contributed by atoms with Crippen LogP contribution in [0.2, 0.25) is 12.6 Å². The molecule has 0 saturated carbocycles. The standard InChI is InChI=1S/C36H74BCl/c1-3-5-7-9-11-13-15-17-19-21-23-25-27-29-31-33-35-37(38)36-34-32-30-28-26-24-22-20-18-16-14-12-10-8-6-4-2/h3-36H2,1-2H3. The van der Waals surface area contributed by atoms with Crippen LogP contribution in [0.5, 0.6) is 0 Å². The molecule has 0 spiro atoms. The number of unbranched alkanes of at least 4 members (excludes halogenated alkanes) is 30. The third-order valence-electron chi connectivity index (χ3n) is 8.74. The van der Waals surface area contributed by atoms with Gasteiger partial charge in [-0.15, -0.1) is 0 Å².